The van der Waals surface area contributed by atoms with Crippen molar-refractivity contribution in [1.29, 1.82) is 0 Å². The van der Waals surface area contributed by atoms with E-state index in [1.807, 2.05) is 0 Å². The number of nitrogens with zero attached hydrogens (tertiary/aromatic N) is 1. The SMILES string of the molecule is CC1(C)C2CC=C(/C=N/NC(=O)C(=O)NC3CC3)C1C2. The van der Waals surface area contributed by atoms with Crippen LogP contribution in [-0.2, 0) is 9.59 Å². The van der Waals surface area contributed by atoms with Gasteiger partial charge in [0.15, 0.2) is 0 Å². The zero-order chi connectivity index (χ0) is 14.3. The molecule has 0 aliphatic heterocycles. The predicted molar refractivity (Wildman–Crippen MR) is 75.9 cm³/mol. The number of carbonyl (C=O) groups is 2. The third kappa shape index (κ3) is 2.37. The highest BCUT2D eigenvalue weighted by Crippen LogP contribution is 2.58. The molecule has 2 bridgehead atoms. The quantitative estimate of drug-likeness (QED) is 0.464. The molecule has 4 rings (SSSR count). The van der Waals surface area contributed by atoms with E-state index in [2.05, 4.69) is 35.8 Å². The molecule has 108 valence electrons. The molecule has 20 heavy (non-hydrogen) atoms. The fourth-order valence-corrected chi connectivity index (χ4v) is 3.24. The normalized spacial score (nSPS) is 30.4. The number of rotatable bonds is 3. The molecule has 0 radical (unpaired) electrons. The smallest absolute Gasteiger partial charge is 0.329 e. The molecule has 4 aliphatic rings. The molecule has 2 N–H and O–H groups in total. The molecule has 4 aliphatic carbocycles. The van der Waals surface area contributed by atoms with Crippen LogP contribution in [0.4, 0.5) is 0 Å². The minimum atomic E-state index is -0.685. The molecule has 5 heteroatoms. The summed E-state index contributed by atoms with van der Waals surface area (Å²) in [4.78, 5) is 22.9. The first-order valence-electron chi connectivity index (χ1n) is 7.32. The van der Waals surface area contributed by atoms with Crippen LogP contribution in [0.15, 0.2) is 16.8 Å². The van der Waals surface area contributed by atoms with Gasteiger partial charge >= 0.3 is 11.8 Å². The van der Waals surface area contributed by atoms with Crippen LogP contribution in [-0.4, -0.2) is 24.1 Å². The van der Waals surface area contributed by atoms with Gasteiger partial charge in [-0.2, -0.15) is 5.10 Å². The zero-order valence-electron chi connectivity index (χ0n) is 12.0. The van der Waals surface area contributed by atoms with E-state index in [1.54, 1.807) is 6.21 Å². The number of hydrazone groups is 1. The Labute approximate surface area is 118 Å². The fraction of sp³-hybridized carbons (Fsp3) is 0.667. The van der Waals surface area contributed by atoms with Gasteiger partial charge in [-0.15, -0.1) is 0 Å². The lowest BCUT2D eigenvalue weighted by molar-refractivity contribution is -0.139. The second kappa shape index (κ2) is 4.72. The van der Waals surface area contributed by atoms with Crippen LogP contribution in [0.25, 0.3) is 0 Å². The molecule has 2 fully saturated rings. The molecule has 0 aromatic carbocycles. The van der Waals surface area contributed by atoms with Crippen LogP contribution in [0.5, 0.6) is 0 Å². The van der Waals surface area contributed by atoms with Gasteiger partial charge in [-0.3, -0.25) is 9.59 Å². The summed E-state index contributed by atoms with van der Waals surface area (Å²) in [7, 11) is 0. The second-order valence-electron chi connectivity index (χ2n) is 6.69. The van der Waals surface area contributed by atoms with Crippen molar-refractivity contribution in [2.45, 2.75) is 45.6 Å². The highest BCUT2D eigenvalue weighted by atomic mass is 16.2. The lowest BCUT2D eigenvalue weighted by Gasteiger charge is -2.55. The maximum atomic E-state index is 11.5. The third-order valence-corrected chi connectivity index (χ3v) is 5.01. The first kappa shape index (κ1) is 13.3. The molecule has 2 unspecified atom stereocenters. The summed E-state index contributed by atoms with van der Waals surface area (Å²) in [6.07, 6.45) is 8.12. The number of hydrogen-bond donors (Lipinski definition) is 2. The summed E-state index contributed by atoms with van der Waals surface area (Å²) < 4.78 is 0. The number of hydrogen-bond acceptors (Lipinski definition) is 3. The number of carbonyl (C=O) groups excluding carboxylic acids is 2. The molecule has 0 saturated heterocycles. The highest BCUT2D eigenvalue weighted by molar-refractivity contribution is 6.35. The summed E-state index contributed by atoms with van der Waals surface area (Å²) in [5.41, 5.74) is 3.82. The van der Waals surface area contributed by atoms with E-state index in [-0.39, 0.29) is 6.04 Å². The van der Waals surface area contributed by atoms with Gasteiger partial charge in [0.05, 0.1) is 6.21 Å². The van der Waals surface area contributed by atoms with Crippen molar-refractivity contribution in [2.75, 3.05) is 0 Å². The van der Waals surface area contributed by atoms with E-state index < -0.39 is 11.8 Å². The monoisotopic (exact) mass is 275 g/mol. The number of allylic oxidation sites excluding steroid dienone is 2. The fourth-order valence-electron chi connectivity index (χ4n) is 3.24. The third-order valence-electron chi connectivity index (χ3n) is 5.01. The van der Waals surface area contributed by atoms with Crippen molar-refractivity contribution in [2.24, 2.45) is 22.4 Å². The van der Waals surface area contributed by atoms with E-state index in [4.69, 9.17) is 0 Å². The topological polar surface area (TPSA) is 70.6 Å². The average Bonchev–Trinajstić information content (AvgIpc) is 3.22. The summed E-state index contributed by atoms with van der Waals surface area (Å²) in [5, 5.41) is 6.56. The van der Waals surface area contributed by atoms with Gasteiger partial charge in [0.1, 0.15) is 0 Å². The van der Waals surface area contributed by atoms with Crippen molar-refractivity contribution >= 4 is 18.0 Å². The lowest BCUT2D eigenvalue weighted by atomic mass is 9.49. The van der Waals surface area contributed by atoms with Crippen molar-refractivity contribution in [3.8, 4) is 0 Å². The molecule has 0 heterocycles. The van der Waals surface area contributed by atoms with Gasteiger partial charge in [-0.1, -0.05) is 19.9 Å². The number of fused-ring (bicyclic) bond motifs is 1. The highest BCUT2D eigenvalue weighted by Gasteiger charge is 2.50. The first-order chi connectivity index (χ1) is 9.48. The van der Waals surface area contributed by atoms with E-state index >= 15 is 0 Å². The molecule has 0 aromatic rings. The van der Waals surface area contributed by atoms with Crippen LogP contribution in [0, 0.1) is 17.3 Å². The Hall–Kier alpha value is -1.65. The molecular formula is C15H21N3O2. The molecule has 2 atom stereocenters. The second-order valence-corrected chi connectivity index (χ2v) is 6.69. The van der Waals surface area contributed by atoms with Gasteiger partial charge < -0.3 is 5.32 Å². The maximum absolute atomic E-state index is 11.5. The average molecular weight is 275 g/mol. The van der Waals surface area contributed by atoms with Crippen LogP contribution in [0.3, 0.4) is 0 Å². The van der Waals surface area contributed by atoms with Crippen LogP contribution in [0.2, 0.25) is 0 Å². The standard InChI is InChI=1S/C15H21N3O2/c1-15(2)10-4-3-9(12(15)7-10)8-16-18-14(20)13(19)17-11-5-6-11/h3,8,10-12H,4-7H2,1-2H3,(H,17,19)(H,18,20)/b16-8+. The van der Waals surface area contributed by atoms with Gasteiger partial charge in [-0.05, 0) is 48.5 Å². The molecule has 0 aromatic heterocycles. The molecule has 0 spiro atoms. The molecule has 2 saturated carbocycles. The Morgan fingerprint density at radius 1 is 1.35 bits per heavy atom. The summed E-state index contributed by atoms with van der Waals surface area (Å²) in [6, 6.07) is 0.186. The largest absolute Gasteiger partial charge is 0.345 e. The van der Waals surface area contributed by atoms with Crippen molar-refractivity contribution in [3.63, 3.8) is 0 Å². The molecule has 2 amide bonds. The zero-order valence-corrected chi connectivity index (χ0v) is 12.0. The molecule has 5 nitrogen and oxygen atoms in total. The van der Waals surface area contributed by atoms with Crippen molar-refractivity contribution in [3.05, 3.63) is 11.6 Å². The lowest BCUT2D eigenvalue weighted by Crippen LogP contribution is -2.48. The van der Waals surface area contributed by atoms with Crippen molar-refractivity contribution in [1.82, 2.24) is 10.7 Å². The molecular weight excluding hydrogens is 254 g/mol. The maximum Gasteiger partial charge on any atom is 0.329 e. The Balaban J connectivity index is 1.52. The van der Waals surface area contributed by atoms with Crippen LogP contribution >= 0.6 is 0 Å². The number of amides is 2. The van der Waals surface area contributed by atoms with E-state index in [1.165, 1.54) is 12.0 Å². The van der Waals surface area contributed by atoms with E-state index in [0.717, 1.165) is 25.2 Å². The minimum absolute atomic E-state index is 0.186. The number of nitrogens with one attached hydrogen (secondary N) is 2. The minimum Gasteiger partial charge on any atom is -0.345 e. The summed E-state index contributed by atoms with van der Waals surface area (Å²) in [6.45, 7) is 4.57. The van der Waals surface area contributed by atoms with Gasteiger partial charge in [-0.25, -0.2) is 5.43 Å². The van der Waals surface area contributed by atoms with Crippen molar-refractivity contribution < 1.29 is 9.59 Å². The predicted octanol–water partition coefficient (Wildman–Crippen LogP) is 1.36. The van der Waals surface area contributed by atoms with Crippen LogP contribution < -0.4 is 10.7 Å². The van der Waals surface area contributed by atoms with Gasteiger partial charge in [0, 0.05) is 6.04 Å². The van der Waals surface area contributed by atoms with E-state index in [9.17, 15) is 9.59 Å². The Morgan fingerprint density at radius 3 is 2.70 bits per heavy atom. The van der Waals surface area contributed by atoms with Gasteiger partial charge in [0.25, 0.3) is 0 Å². The van der Waals surface area contributed by atoms with Gasteiger partial charge in [0.2, 0.25) is 0 Å². The Kier molecular flexibility index (Phi) is 3.15. The van der Waals surface area contributed by atoms with Crippen LogP contribution in [0.1, 0.15) is 39.5 Å². The summed E-state index contributed by atoms with van der Waals surface area (Å²) >= 11 is 0. The van der Waals surface area contributed by atoms with E-state index in [0.29, 0.717) is 11.3 Å². The Bertz CT molecular complexity index is 503. The first-order valence-corrected chi connectivity index (χ1v) is 7.32. The summed E-state index contributed by atoms with van der Waals surface area (Å²) in [5.74, 6) is 0.0346. The Morgan fingerprint density at radius 2 is 2.10 bits per heavy atom.